The van der Waals surface area contributed by atoms with E-state index in [9.17, 15) is 29.1 Å². The number of fused-ring (bicyclic) bond motifs is 1. The lowest BCUT2D eigenvalue weighted by Gasteiger charge is -2.34. The van der Waals surface area contributed by atoms with Crippen molar-refractivity contribution in [3.63, 3.8) is 0 Å². The van der Waals surface area contributed by atoms with Crippen molar-refractivity contribution < 1.29 is 29.4 Å². The fraction of sp³-hybridized carbons (Fsp3) is 0.333. The van der Waals surface area contributed by atoms with Gasteiger partial charge in [-0.2, -0.15) is 4.98 Å². The molecule has 1 aliphatic rings. The van der Waals surface area contributed by atoms with E-state index in [-0.39, 0.29) is 48.8 Å². The van der Waals surface area contributed by atoms with Gasteiger partial charge in [0.15, 0.2) is 11.5 Å². The lowest BCUT2D eigenvalue weighted by Crippen LogP contribution is -2.50. The maximum absolute atomic E-state index is 12.4. The van der Waals surface area contributed by atoms with Crippen molar-refractivity contribution in [3.8, 4) is 0 Å². The van der Waals surface area contributed by atoms with Gasteiger partial charge in [-0.25, -0.2) is 4.79 Å². The zero-order valence-corrected chi connectivity index (χ0v) is 18.5. The van der Waals surface area contributed by atoms with E-state index in [2.05, 4.69) is 25.9 Å². The largest absolute Gasteiger partial charge is 0.481 e. The molecule has 1 aliphatic heterocycles. The Morgan fingerprint density at radius 1 is 1.26 bits per heavy atom. The number of carbonyl (C=O) groups excluding carboxylic acids is 2. The van der Waals surface area contributed by atoms with Crippen LogP contribution in [0.2, 0.25) is 0 Å². The number of hydrogen-bond acceptors (Lipinski definition) is 9. The highest BCUT2D eigenvalue weighted by atomic mass is 16.4. The van der Waals surface area contributed by atoms with Crippen LogP contribution >= 0.6 is 0 Å². The molecule has 0 unspecified atom stereocenters. The van der Waals surface area contributed by atoms with Crippen LogP contribution in [0.15, 0.2) is 29.1 Å². The smallest absolute Gasteiger partial charge is 0.326 e. The maximum atomic E-state index is 12.4. The first-order chi connectivity index (χ1) is 16.7. The number of benzene rings is 1. The van der Waals surface area contributed by atoms with Crippen LogP contribution in [0.4, 0.5) is 23.1 Å². The van der Waals surface area contributed by atoms with Crippen molar-refractivity contribution in [3.05, 3.63) is 40.2 Å². The van der Waals surface area contributed by atoms with Crippen LogP contribution in [0, 0.1) is 0 Å². The lowest BCUT2D eigenvalue weighted by atomic mass is 10.1. The third-order valence-electron chi connectivity index (χ3n) is 5.36. The number of aliphatic carboxylic acids is 2. The summed E-state index contributed by atoms with van der Waals surface area (Å²) in [7, 11) is 0. The summed E-state index contributed by atoms with van der Waals surface area (Å²) < 4.78 is 0. The van der Waals surface area contributed by atoms with Gasteiger partial charge < -0.3 is 36.8 Å². The number of nitrogens with two attached hydrogens (primary N) is 1. The molecule has 0 saturated carbocycles. The Morgan fingerprint density at radius 2 is 1.97 bits per heavy atom. The molecule has 186 valence electrons. The molecule has 14 nitrogen and oxygen atoms in total. The predicted molar refractivity (Wildman–Crippen MR) is 125 cm³/mol. The van der Waals surface area contributed by atoms with E-state index in [4.69, 9.17) is 10.8 Å². The Labute approximate surface area is 198 Å². The summed E-state index contributed by atoms with van der Waals surface area (Å²) in [5.74, 6) is -2.75. The van der Waals surface area contributed by atoms with Gasteiger partial charge in [0.05, 0.1) is 6.04 Å². The monoisotopic (exact) mass is 487 g/mol. The molecule has 2 atom stereocenters. The topological polar surface area (TPSA) is 220 Å². The van der Waals surface area contributed by atoms with Crippen molar-refractivity contribution in [1.29, 1.82) is 0 Å². The number of H-pyrrole nitrogens is 1. The first kappa shape index (κ1) is 25.0. The van der Waals surface area contributed by atoms with Crippen LogP contribution in [0.1, 0.15) is 29.6 Å². The first-order valence-corrected chi connectivity index (χ1v) is 10.7. The van der Waals surface area contributed by atoms with Crippen molar-refractivity contribution in [1.82, 2.24) is 15.3 Å². The van der Waals surface area contributed by atoms with Crippen LogP contribution in [0.5, 0.6) is 0 Å². The summed E-state index contributed by atoms with van der Waals surface area (Å²) in [6, 6.07) is 4.59. The molecule has 0 fully saturated rings. The SMILES string of the molecule is Nc1nc2c(c(=O)[nH]1)N(C=O)[C@@H](CNc1ccc(C(=O)N[C@H](CCCC(=O)O)C(=O)O)cc1)CN2. The molecule has 0 bridgehead atoms. The second-order valence-corrected chi connectivity index (χ2v) is 7.80. The number of nitrogens with one attached hydrogen (secondary N) is 4. The van der Waals surface area contributed by atoms with Gasteiger partial charge in [0.2, 0.25) is 12.4 Å². The number of rotatable bonds is 11. The molecule has 1 aromatic heterocycles. The number of carbonyl (C=O) groups is 4. The minimum atomic E-state index is -1.25. The zero-order valence-electron chi connectivity index (χ0n) is 18.5. The average molecular weight is 487 g/mol. The Bertz CT molecular complexity index is 1170. The molecule has 2 aromatic rings. The van der Waals surface area contributed by atoms with Gasteiger partial charge in [-0.05, 0) is 37.1 Å². The summed E-state index contributed by atoms with van der Waals surface area (Å²) in [5, 5.41) is 26.4. The minimum absolute atomic E-state index is 0.0102. The average Bonchev–Trinajstić information content (AvgIpc) is 2.81. The van der Waals surface area contributed by atoms with Crippen LogP contribution in [-0.4, -0.2) is 69.6 Å². The molecule has 8 N–H and O–H groups in total. The lowest BCUT2D eigenvalue weighted by molar-refractivity contribution is -0.140. The predicted octanol–water partition coefficient (Wildman–Crippen LogP) is -0.341. The number of carboxylic acid groups (broad SMARTS) is 2. The number of carboxylic acids is 2. The van der Waals surface area contributed by atoms with E-state index in [1.807, 2.05) is 0 Å². The molecule has 0 spiro atoms. The molecule has 0 radical (unpaired) electrons. The second-order valence-electron chi connectivity index (χ2n) is 7.80. The minimum Gasteiger partial charge on any atom is -0.481 e. The van der Waals surface area contributed by atoms with Crippen molar-refractivity contribution in [2.75, 3.05) is 34.4 Å². The fourth-order valence-corrected chi connectivity index (χ4v) is 3.58. The second kappa shape index (κ2) is 11.0. The van der Waals surface area contributed by atoms with Crippen molar-refractivity contribution in [2.45, 2.75) is 31.3 Å². The first-order valence-electron chi connectivity index (χ1n) is 10.7. The van der Waals surface area contributed by atoms with Gasteiger partial charge in [0, 0.05) is 30.8 Å². The third kappa shape index (κ3) is 6.25. The summed E-state index contributed by atoms with van der Waals surface area (Å²) in [6.07, 6.45) is 0.456. The number of hydrogen-bond donors (Lipinski definition) is 7. The molecule has 3 rings (SSSR count). The summed E-state index contributed by atoms with van der Waals surface area (Å²) in [6.45, 7) is 0.582. The zero-order chi connectivity index (χ0) is 25.5. The van der Waals surface area contributed by atoms with Crippen LogP contribution in [-0.2, 0) is 14.4 Å². The summed E-state index contributed by atoms with van der Waals surface area (Å²) in [5.41, 5.74) is 5.90. The number of amides is 2. The molecule has 0 aliphatic carbocycles. The summed E-state index contributed by atoms with van der Waals surface area (Å²) in [4.78, 5) is 65.9. The maximum Gasteiger partial charge on any atom is 0.326 e. The number of aromatic amines is 1. The van der Waals surface area contributed by atoms with Gasteiger partial charge >= 0.3 is 11.9 Å². The van der Waals surface area contributed by atoms with E-state index < -0.39 is 35.5 Å². The third-order valence-corrected chi connectivity index (χ3v) is 5.36. The normalized spacial score (nSPS) is 15.3. The van der Waals surface area contributed by atoms with Gasteiger partial charge in [0.1, 0.15) is 6.04 Å². The highest BCUT2D eigenvalue weighted by Gasteiger charge is 2.29. The molecule has 35 heavy (non-hydrogen) atoms. The number of nitrogen functional groups attached to an aromatic ring is 1. The Hall–Kier alpha value is -4.62. The van der Waals surface area contributed by atoms with Gasteiger partial charge in [-0.1, -0.05) is 0 Å². The number of anilines is 4. The molecule has 2 amide bonds. The number of aromatic nitrogens is 2. The molecule has 0 saturated heterocycles. The van der Waals surface area contributed by atoms with Gasteiger partial charge in [0.25, 0.3) is 11.5 Å². The van der Waals surface area contributed by atoms with E-state index in [1.165, 1.54) is 17.0 Å². The van der Waals surface area contributed by atoms with Crippen LogP contribution < -0.4 is 32.1 Å². The van der Waals surface area contributed by atoms with Crippen LogP contribution in [0.3, 0.4) is 0 Å². The Balaban J connectivity index is 1.59. The van der Waals surface area contributed by atoms with Crippen molar-refractivity contribution in [2.24, 2.45) is 0 Å². The van der Waals surface area contributed by atoms with Gasteiger partial charge in [-0.15, -0.1) is 0 Å². The molecular formula is C21H25N7O7. The van der Waals surface area contributed by atoms with E-state index in [0.717, 1.165) is 0 Å². The van der Waals surface area contributed by atoms with Gasteiger partial charge in [-0.3, -0.25) is 24.2 Å². The molecule has 1 aromatic carbocycles. The quantitative estimate of drug-likeness (QED) is 0.203. The highest BCUT2D eigenvalue weighted by Crippen LogP contribution is 2.25. The van der Waals surface area contributed by atoms with Crippen molar-refractivity contribution >= 4 is 47.4 Å². The Kier molecular flexibility index (Phi) is 7.86. The van der Waals surface area contributed by atoms with E-state index in [0.29, 0.717) is 18.6 Å². The number of nitrogens with zero attached hydrogens (tertiary/aromatic N) is 2. The van der Waals surface area contributed by atoms with E-state index >= 15 is 0 Å². The summed E-state index contributed by atoms with van der Waals surface area (Å²) >= 11 is 0. The standard InChI is InChI=1S/C21H25N7O7/c22-21-26-17-16(19(33)27-21)28(10-29)13(9-24-17)8-23-12-6-4-11(5-7-12)18(32)25-14(20(34)35)2-1-3-15(30)31/h4-7,10,13-14,23H,1-3,8-9H2,(H,25,32)(H,30,31)(H,34,35)(H4,22,24,26,27,33)/t13-,14+/m0/s1. The highest BCUT2D eigenvalue weighted by molar-refractivity contribution is 5.96. The van der Waals surface area contributed by atoms with Crippen LogP contribution in [0.25, 0.3) is 0 Å². The fourth-order valence-electron chi connectivity index (χ4n) is 3.58. The molecule has 2 heterocycles. The molecular weight excluding hydrogens is 462 g/mol. The Morgan fingerprint density at radius 3 is 2.60 bits per heavy atom. The molecule has 14 heteroatoms. The van der Waals surface area contributed by atoms with E-state index in [1.54, 1.807) is 12.1 Å².